The van der Waals surface area contributed by atoms with E-state index in [-0.39, 0.29) is 23.7 Å². The van der Waals surface area contributed by atoms with Crippen LogP contribution in [-0.2, 0) is 16.0 Å². The summed E-state index contributed by atoms with van der Waals surface area (Å²) < 4.78 is 5.38. The Morgan fingerprint density at radius 2 is 2.11 bits per heavy atom. The predicted octanol–water partition coefficient (Wildman–Crippen LogP) is 3.44. The topological polar surface area (TPSA) is 84.4 Å². The Bertz CT molecular complexity index is 888. The van der Waals surface area contributed by atoms with Crippen LogP contribution in [0.4, 0.5) is 10.8 Å². The molecule has 28 heavy (non-hydrogen) atoms. The lowest BCUT2D eigenvalue weighted by molar-refractivity contribution is -0.122. The zero-order valence-electron chi connectivity index (χ0n) is 16.9. The van der Waals surface area contributed by atoms with Crippen LogP contribution in [0, 0.1) is 18.3 Å². The molecule has 1 atom stereocenters. The number of nitrogens with zero attached hydrogens (tertiary/aromatic N) is 3. The van der Waals surface area contributed by atoms with E-state index in [2.05, 4.69) is 36.3 Å². The number of aromatic nitrogens is 2. The van der Waals surface area contributed by atoms with Crippen LogP contribution >= 0.6 is 11.3 Å². The van der Waals surface area contributed by atoms with Gasteiger partial charge < -0.3 is 15.0 Å². The Balaban J connectivity index is 1.68. The molecule has 1 N–H and O–H groups in total. The quantitative estimate of drug-likeness (QED) is 0.828. The van der Waals surface area contributed by atoms with Crippen molar-refractivity contribution in [1.82, 2.24) is 10.2 Å². The van der Waals surface area contributed by atoms with Gasteiger partial charge in [0.2, 0.25) is 16.9 Å². The van der Waals surface area contributed by atoms with Crippen LogP contribution in [0.2, 0.25) is 0 Å². The van der Waals surface area contributed by atoms with E-state index in [1.165, 1.54) is 11.3 Å². The first kappa shape index (κ1) is 20.3. The van der Waals surface area contributed by atoms with Crippen molar-refractivity contribution in [2.24, 2.45) is 11.3 Å². The summed E-state index contributed by atoms with van der Waals surface area (Å²) in [5, 5.41) is 12.4. The van der Waals surface area contributed by atoms with Crippen LogP contribution in [0.5, 0.6) is 5.75 Å². The largest absolute Gasteiger partial charge is 0.495 e. The van der Waals surface area contributed by atoms with Crippen LogP contribution in [-0.4, -0.2) is 35.7 Å². The second-order valence-corrected chi connectivity index (χ2v) is 9.37. The number of hydrogen-bond acceptors (Lipinski definition) is 6. The highest BCUT2D eigenvalue weighted by Gasteiger charge is 2.36. The van der Waals surface area contributed by atoms with E-state index in [0.717, 1.165) is 17.0 Å². The molecule has 150 valence electrons. The SMILES string of the molecule is COc1ccc(C)cc1N1CC(C(=O)Nc2nnc(CC(C)(C)C)s2)CC1=O. The van der Waals surface area contributed by atoms with Gasteiger partial charge in [-0.05, 0) is 30.0 Å². The fraction of sp³-hybridized carbons (Fsp3) is 0.500. The third-order valence-corrected chi connectivity index (χ3v) is 5.34. The summed E-state index contributed by atoms with van der Waals surface area (Å²) in [5.41, 5.74) is 1.83. The highest BCUT2D eigenvalue weighted by molar-refractivity contribution is 7.15. The number of benzene rings is 1. The van der Waals surface area contributed by atoms with Crippen LogP contribution in [0.3, 0.4) is 0 Å². The van der Waals surface area contributed by atoms with Gasteiger partial charge in [0, 0.05) is 19.4 Å². The van der Waals surface area contributed by atoms with Gasteiger partial charge in [-0.3, -0.25) is 9.59 Å². The lowest BCUT2D eigenvalue weighted by Gasteiger charge is -2.20. The van der Waals surface area contributed by atoms with Crippen molar-refractivity contribution in [3.63, 3.8) is 0 Å². The second-order valence-electron chi connectivity index (χ2n) is 8.31. The monoisotopic (exact) mass is 402 g/mol. The molecule has 0 saturated carbocycles. The zero-order valence-corrected chi connectivity index (χ0v) is 17.7. The first-order valence-corrected chi connectivity index (χ1v) is 10.1. The summed E-state index contributed by atoms with van der Waals surface area (Å²) in [6.45, 7) is 8.66. The Morgan fingerprint density at radius 1 is 1.36 bits per heavy atom. The minimum Gasteiger partial charge on any atom is -0.495 e. The smallest absolute Gasteiger partial charge is 0.231 e. The lowest BCUT2D eigenvalue weighted by atomic mass is 9.93. The molecule has 2 amide bonds. The fourth-order valence-corrected chi connectivity index (χ4v) is 4.21. The normalized spacial score (nSPS) is 17.1. The summed E-state index contributed by atoms with van der Waals surface area (Å²) in [7, 11) is 1.57. The van der Waals surface area contributed by atoms with Crippen LogP contribution in [0.25, 0.3) is 0 Å². The molecule has 1 aliphatic rings. The number of nitrogens with one attached hydrogen (secondary N) is 1. The average molecular weight is 403 g/mol. The molecular formula is C20H26N4O3S. The molecule has 1 saturated heterocycles. The number of anilines is 2. The number of carbonyl (C=O) groups is 2. The van der Waals surface area contributed by atoms with Crippen molar-refractivity contribution in [3.8, 4) is 5.75 Å². The van der Waals surface area contributed by atoms with Crippen molar-refractivity contribution >= 4 is 34.0 Å². The van der Waals surface area contributed by atoms with Gasteiger partial charge in [-0.25, -0.2) is 0 Å². The predicted molar refractivity (Wildman–Crippen MR) is 110 cm³/mol. The Hall–Kier alpha value is -2.48. The maximum Gasteiger partial charge on any atom is 0.231 e. The van der Waals surface area contributed by atoms with Crippen LogP contribution in [0.1, 0.15) is 37.8 Å². The van der Waals surface area contributed by atoms with Gasteiger partial charge in [0.1, 0.15) is 10.8 Å². The lowest BCUT2D eigenvalue weighted by Crippen LogP contribution is -2.28. The molecule has 1 aromatic heterocycles. The third kappa shape index (κ3) is 4.67. The number of amides is 2. The van der Waals surface area contributed by atoms with Crippen LogP contribution in [0.15, 0.2) is 18.2 Å². The van der Waals surface area contributed by atoms with E-state index < -0.39 is 5.92 Å². The summed E-state index contributed by atoms with van der Waals surface area (Å²) in [6.07, 6.45) is 0.958. The zero-order chi connectivity index (χ0) is 20.5. The number of rotatable bonds is 5. The number of ether oxygens (including phenoxy) is 1. The Kier molecular flexibility index (Phi) is 5.69. The van der Waals surface area contributed by atoms with Gasteiger partial charge in [-0.15, -0.1) is 10.2 Å². The Labute approximate surface area is 169 Å². The summed E-state index contributed by atoms with van der Waals surface area (Å²) in [5.74, 6) is -0.112. The highest BCUT2D eigenvalue weighted by atomic mass is 32.1. The van der Waals surface area contributed by atoms with Gasteiger partial charge in [0.05, 0.1) is 18.7 Å². The summed E-state index contributed by atoms with van der Waals surface area (Å²) >= 11 is 1.38. The number of carbonyl (C=O) groups excluding carboxylic acids is 2. The molecule has 2 aromatic rings. The minimum atomic E-state index is -0.437. The molecule has 3 rings (SSSR count). The van der Waals surface area contributed by atoms with Gasteiger partial charge in [-0.2, -0.15) is 0 Å². The van der Waals surface area contributed by atoms with E-state index in [0.29, 0.717) is 23.1 Å². The van der Waals surface area contributed by atoms with E-state index in [1.807, 2.05) is 25.1 Å². The van der Waals surface area contributed by atoms with E-state index in [1.54, 1.807) is 12.0 Å². The molecule has 0 radical (unpaired) electrons. The fourth-order valence-electron chi connectivity index (χ4n) is 3.16. The Morgan fingerprint density at radius 3 is 2.79 bits per heavy atom. The summed E-state index contributed by atoms with van der Waals surface area (Å²) in [6, 6.07) is 5.67. The molecule has 8 heteroatoms. The molecule has 2 heterocycles. The van der Waals surface area contributed by atoms with Gasteiger partial charge >= 0.3 is 0 Å². The molecule has 0 bridgehead atoms. The van der Waals surface area contributed by atoms with Crippen molar-refractivity contribution in [3.05, 3.63) is 28.8 Å². The highest BCUT2D eigenvalue weighted by Crippen LogP contribution is 2.34. The third-order valence-electron chi connectivity index (χ3n) is 4.50. The first-order valence-electron chi connectivity index (χ1n) is 9.24. The standard InChI is InChI=1S/C20H26N4O3S/c1-12-6-7-15(27-5)14(8-12)24-11-13(9-17(24)25)18(26)21-19-23-22-16(28-19)10-20(2,3)4/h6-8,13H,9-11H2,1-5H3,(H,21,23,26). The van der Waals surface area contributed by atoms with Crippen molar-refractivity contribution in [2.75, 3.05) is 23.9 Å². The molecule has 0 aliphatic carbocycles. The van der Waals surface area contributed by atoms with Gasteiger partial charge in [0.15, 0.2) is 0 Å². The van der Waals surface area contributed by atoms with Gasteiger partial charge in [-0.1, -0.05) is 38.2 Å². The maximum atomic E-state index is 12.7. The number of hydrogen-bond donors (Lipinski definition) is 1. The second kappa shape index (κ2) is 7.87. The number of aryl methyl sites for hydroxylation is 1. The van der Waals surface area contributed by atoms with Crippen molar-refractivity contribution in [1.29, 1.82) is 0 Å². The molecule has 7 nitrogen and oxygen atoms in total. The maximum absolute atomic E-state index is 12.7. The molecule has 1 unspecified atom stereocenters. The average Bonchev–Trinajstić information content (AvgIpc) is 3.19. The van der Waals surface area contributed by atoms with E-state index in [9.17, 15) is 9.59 Å². The van der Waals surface area contributed by atoms with E-state index >= 15 is 0 Å². The molecule has 1 aromatic carbocycles. The van der Waals surface area contributed by atoms with Crippen molar-refractivity contribution < 1.29 is 14.3 Å². The number of methoxy groups -OCH3 is 1. The van der Waals surface area contributed by atoms with Crippen molar-refractivity contribution in [2.45, 2.75) is 40.5 Å². The molecule has 0 spiro atoms. The molecular weight excluding hydrogens is 376 g/mol. The minimum absolute atomic E-state index is 0.0882. The first-order chi connectivity index (χ1) is 13.2. The summed E-state index contributed by atoms with van der Waals surface area (Å²) in [4.78, 5) is 26.8. The van der Waals surface area contributed by atoms with E-state index in [4.69, 9.17) is 4.74 Å². The molecule has 1 aliphatic heterocycles. The van der Waals surface area contributed by atoms with Gasteiger partial charge in [0.25, 0.3) is 0 Å². The van der Waals surface area contributed by atoms with Crippen LogP contribution < -0.4 is 15.0 Å². The molecule has 1 fully saturated rings.